The summed E-state index contributed by atoms with van der Waals surface area (Å²) in [5, 5.41) is 3.43. The first-order valence-electron chi connectivity index (χ1n) is 7.28. The van der Waals surface area contributed by atoms with Crippen LogP contribution in [0.2, 0.25) is 0 Å². The van der Waals surface area contributed by atoms with Crippen LogP contribution in [0.25, 0.3) is 11.4 Å². The summed E-state index contributed by atoms with van der Waals surface area (Å²) in [6.07, 6.45) is 1.19. The fraction of sp³-hybridized carbons (Fsp3) is 0.412. The van der Waals surface area contributed by atoms with Gasteiger partial charge in [0, 0.05) is 29.4 Å². The van der Waals surface area contributed by atoms with Crippen molar-refractivity contribution in [2.24, 2.45) is 0 Å². The number of hydrogen-bond acceptors (Lipinski definition) is 3. The summed E-state index contributed by atoms with van der Waals surface area (Å²) < 4.78 is 0. The van der Waals surface area contributed by atoms with Crippen LogP contribution in [-0.4, -0.2) is 23.1 Å². The van der Waals surface area contributed by atoms with E-state index in [4.69, 9.17) is 9.97 Å². The van der Waals surface area contributed by atoms with Gasteiger partial charge in [0.15, 0.2) is 5.82 Å². The smallest absolute Gasteiger partial charge is 0.159 e. The second-order valence-electron chi connectivity index (χ2n) is 5.64. The number of aryl methyl sites for hydroxylation is 3. The van der Waals surface area contributed by atoms with Crippen molar-refractivity contribution in [2.45, 2.75) is 33.1 Å². The molecule has 0 bridgehead atoms. The number of benzene rings is 1. The van der Waals surface area contributed by atoms with Crippen LogP contribution >= 0.6 is 0 Å². The van der Waals surface area contributed by atoms with E-state index in [1.807, 2.05) is 6.07 Å². The van der Waals surface area contributed by atoms with Gasteiger partial charge in [-0.15, -0.1) is 0 Å². The maximum absolute atomic E-state index is 4.77. The molecule has 1 fully saturated rings. The Balaban J connectivity index is 2.06. The summed E-state index contributed by atoms with van der Waals surface area (Å²) in [6, 6.07) is 8.31. The average Bonchev–Trinajstić information content (AvgIpc) is 2.92. The quantitative estimate of drug-likeness (QED) is 0.908. The van der Waals surface area contributed by atoms with Crippen LogP contribution in [0.5, 0.6) is 0 Å². The van der Waals surface area contributed by atoms with Gasteiger partial charge in [0.25, 0.3) is 0 Å². The first-order chi connectivity index (χ1) is 9.66. The molecule has 0 amide bonds. The van der Waals surface area contributed by atoms with Crippen LogP contribution in [0.4, 0.5) is 0 Å². The summed E-state index contributed by atoms with van der Waals surface area (Å²) >= 11 is 0. The Morgan fingerprint density at radius 2 is 1.75 bits per heavy atom. The summed E-state index contributed by atoms with van der Waals surface area (Å²) in [6.45, 7) is 8.49. The molecule has 1 aromatic carbocycles. The van der Waals surface area contributed by atoms with E-state index in [-0.39, 0.29) is 0 Å². The van der Waals surface area contributed by atoms with E-state index in [9.17, 15) is 0 Å². The predicted octanol–water partition coefficient (Wildman–Crippen LogP) is 3.15. The Labute approximate surface area is 120 Å². The molecule has 1 aliphatic heterocycles. The van der Waals surface area contributed by atoms with Crippen LogP contribution in [-0.2, 0) is 0 Å². The molecule has 1 saturated heterocycles. The fourth-order valence-electron chi connectivity index (χ4n) is 3.16. The first-order valence-corrected chi connectivity index (χ1v) is 7.28. The van der Waals surface area contributed by atoms with E-state index >= 15 is 0 Å². The van der Waals surface area contributed by atoms with Crippen molar-refractivity contribution in [1.82, 2.24) is 15.3 Å². The van der Waals surface area contributed by atoms with Gasteiger partial charge in [0.05, 0.1) is 0 Å². The van der Waals surface area contributed by atoms with Crippen molar-refractivity contribution in [2.75, 3.05) is 13.1 Å². The molecule has 0 aliphatic carbocycles. The Morgan fingerprint density at radius 1 is 1.05 bits per heavy atom. The monoisotopic (exact) mass is 267 g/mol. The van der Waals surface area contributed by atoms with Gasteiger partial charge in [-0.3, -0.25) is 0 Å². The number of hydrogen-bond donors (Lipinski definition) is 1. The highest BCUT2D eigenvalue weighted by Gasteiger charge is 2.22. The van der Waals surface area contributed by atoms with Crippen molar-refractivity contribution in [3.05, 3.63) is 46.8 Å². The van der Waals surface area contributed by atoms with E-state index in [0.29, 0.717) is 5.92 Å². The molecular formula is C17H21N3. The standard InChI is InChI=1S/C17H21N3/c1-11-6-4-5-7-15(11)17-19-12(2)16(13(3)20-17)14-8-9-18-10-14/h4-7,14,18H,8-10H2,1-3H3. The summed E-state index contributed by atoms with van der Waals surface area (Å²) in [4.78, 5) is 9.54. The van der Waals surface area contributed by atoms with Crippen LogP contribution in [0, 0.1) is 20.8 Å². The van der Waals surface area contributed by atoms with Gasteiger partial charge in [-0.25, -0.2) is 9.97 Å². The second-order valence-corrected chi connectivity index (χ2v) is 5.64. The van der Waals surface area contributed by atoms with Gasteiger partial charge in [-0.2, -0.15) is 0 Å². The molecule has 1 unspecified atom stereocenters. The predicted molar refractivity (Wildman–Crippen MR) is 81.9 cm³/mol. The second kappa shape index (κ2) is 5.33. The van der Waals surface area contributed by atoms with Gasteiger partial charge in [0.1, 0.15) is 0 Å². The molecule has 1 aliphatic rings. The number of nitrogens with one attached hydrogen (secondary N) is 1. The Bertz CT molecular complexity index is 605. The maximum atomic E-state index is 4.77. The van der Waals surface area contributed by atoms with E-state index in [1.165, 1.54) is 17.5 Å². The van der Waals surface area contributed by atoms with E-state index < -0.39 is 0 Å². The number of aromatic nitrogens is 2. The minimum atomic E-state index is 0.570. The molecule has 0 saturated carbocycles. The van der Waals surface area contributed by atoms with Crippen LogP contribution in [0.1, 0.15) is 34.9 Å². The van der Waals surface area contributed by atoms with Crippen molar-refractivity contribution in [3.63, 3.8) is 0 Å². The van der Waals surface area contributed by atoms with Gasteiger partial charge < -0.3 is 5.32 Å². The summed E-state index contributed by atoms with van der Waals surface area (Å²) in [5.41, 5.74) is 5.96. The molecule has 3 rings (SSSR count). The van der Waals surface area contributed by atoms with Gasteiger partial charge in [-0.1, -0.05) is 24.3 Å². The lowest BCUT2D eigenvalue weighted by molar-refractivity contribution is 0.734. The highest BCUT2D eigenvalue weighted by atomic mass is 14.9. The highest BCUT2D eigenvalue weighted by molar-refractivity contribution is 5.60. The topological polar surface area (TPSA) is 37.8 Å². The number of nitrogens with zero attached hydrogens (tertiary/aromatic N) is 2. The van der Waals surface area contributed by atoms with Crippen molar-refractivity contribution in [3.8, 4) is 11.4 Å². The molecule has 2 heterocycles. The SMILES string of the molecule is Cc1ccccc1-c1nc(C)c(C2CCNC2)c(C)n1. The third kappa shape index (κ3) is 2.34. The number of rotatable bonds is 2. The lowest BCUT2D eigenvalue weighted by atomic mass is 9.95. The molecule has 3 heteroatoms. The maximum Gasteiger partial charge on any atom is 0.159 e. The van der Waals surface area contributed by atoms with Crippen LogP contribution < -0.4 is 5.32 Å². The molecule has 1 aromatic heterocycles. The van der Waals surface area contributed by atoms with Crippen LogP contribution in [0.15, 0.2) is 24.3 Å². The summed E-state index contributed by atoms with van der Waals surface area (Å²) in [5.74, 6) is 1.42. The van der Waals surface area contributed by atoms with Crippen molar-refractivity contribution < 1.29 is 0 Å². The fourth-order valence-corrected chi connectivity index (χ4v) is 3.16. The molecule has 0 radical (unpaired) electrons. The average molecular weight is 267 g/mol. The molecule has 1 N–H and O–H groups in total. The van der Waals surface area contributed by atoms with Crippen molar-refractivity contribution in [1.29, 1.82) is 0 Å². The zero-order chi connectivity index (χ0) is 14.1. The van der Waals surface area contributed by atoms with Gasteiger partial charge >= 0.3 is 0 Å². The molecule has 2 aromatic rings. The Hall–Kier alpha value is -1.74. The molecule has 0 spiro atoms. The molecule has 104 valence electrons. The molecule has 3 nitrogen and oxygen atoms in total. The van der Waals surface area contributed by atoms with Crippen LogP contribution in [0.3, 0.4) is 0 Å². The zero-order valence-electron chi connectivity index (χ0n) is 12.4. The van der Waals surface area contributed by atoms with E-state index in [2.05, 4.69) is 44.3 Å². The first kappa shape index (κ1) is 13.3. The van der Waals surface area contributed by atoms with E-state index in [1.54, 1.807) is 0 Å². The largest absolute Gasteiger partial charge is 0.316 e. The third-order valence-corrected chi connectivity index (χ3v) is 4.18. The van der Waals surface area contributed by atoms with Gasteiger partial charge in [0.2, 0.25) is 0 Å². The Morgan fingerprint density at radius 3 is 2.35 bits per heavy atom. The third-order valence-electron chi connectivity index (χ3n) is 4.18. The molecule has 1 atom stereocenters. The minimum Gasteiger partial charge on any atom is -0.316 e. The Kier molecular flexibility index (Phi) is 3.53. The van der Waals surface area contributed by atoms with E-state index in [0.717, 1.165) is 35.9 Å². The van der Waals surface area contributed by atoms with Crippen molar-refractivity contribution >= 4 is 0 Å². The highest BCUT2D eigenvalue weighted by Crippen LogP contribution is 2.29. The van der Waals surface area contributed by atoms with Gasteiger partial charge in [-0.05, 0) is 44.9 Å². The minimum absolute atomic E-state index is 0.570. The molecular weight excluding hydrogens is 246 g/mol. The normalized spacial score (nSPS) is 18.4. The summed E-state index contributed by atoms with van der Waals surface area (Å²) in [7, 11) is 0. The lowest BCUT2D eigenvalue weighted by Crippen LogP contribution is -2.12. The lowest BCUT2D eigenvalue weighted by Gasteiger charge is -2.16. The molecule has 20 heavy (non-hydrogen) atoms. The zero-order valence-corrected chi connectivity index (χ0v) is 12.4.